The number of nitrogens with one attached hydrogen (secondary N) is 1. The third kappa shape index (κ3) is 4.14. The minimum Gasteiger partial charge on any atom is -0.488 e. The van der Waals surface area contributed by atoms with Crippen LogP contribution in [0.2, 0.25) is 0 Å². The van der Waals surface area contributed by atoms with Gasteiger partial charge in [-0.2, -0.15) is 0 Å². The molecular weight excluding hydrogens is 396 g/mol. The summed E-state index contributed by atoms with van der Waals surface area (Å²) in [4.78, 5) is 25.6. The fourth-order valence-electron chi connectivity index (χ4n) is 2.65. The molecule has 1 heterocycles. The Kier molecular flexibility index (Phi) is 5.73. The fraction of sp³-hybridized carbons (Fsp3) is 0.200. The van der Waals surface area contributed by atoms with Crippen LogP contribution in [-0.2, 0) is 11.4 Å². The zero-order valence-electron chi connectivity index (χ0n) is 14.4. The number of urea groups is 1. The Balaban J connectivity index is 1.84. The van der Waals surface area contributed by atoms with Crippen molar-refractivity contribution in [1.29, 1.82) is 0 Å². The molecule has 0 radical (unpaired) electrons. The predicted octanol–water partition coefficient (Wildman–Crippen LogP) is 4.33. The van der Waals surface area contributed by atoms with Crippen LogP contribution in [0.15, 0.2) is 58.7 Å². The molecule has 0 saturated carbocycles. The van der Waals surface area contributed by atoms with Crippen LogP contribution in [0, 0.1) is 0 Å². The van der Waals surface area contributed by atoms with Crippen molar-refractivity contribution in [3.05, 3.63) is 69.8 Å². The number of imide groups is 1. The van der Waals surface area contributed by atoms with E-state index in [1.807, 2.05) is 55.5 Å². The van der Waals surface area contributed by atoms with Crippen molar-refractivity contribution in [2.45, 2.75) is 20.0 Å². The molecule has 26 heavy (non-hydrogen) atoms. The van der Waals surface area contributed by atoms with Crippen molar-refractivity contribution < 1.29 is 14.3 Å². The molecule has 134 valence electrons. The van der Waals surface area contributed by atoms with Gasteiger partial charge in [-0.15, -0.1) is 0 Å². The Bertz CT molecular complexity index is 849. The SMILES string of the molecule is CCCN1C(=O)N/C(=C/c2cc(Br)ccc2OCc2ccccc2)C1=O. The van der Waals surface area contributed by atoms with Crippen molar-refractivity contribution >= 4 is 33.9 Å². The average Bonchev–Trinajstić information content (AvgIpc) is 2.90. The van der Waals surface area contributed by atoms with Crippen LogP contribution in [-0.4, -0.2) is 23.4 Å². The maximum Gasteiger partial charge on any atom is 0.329 e. The minimum absolute atomic E-state index is 0.256. The molecule has 3 amide bonds. The molecule has 1 fully saturated rings. The lowest BCUT2D eigenvalue weighted by Gasteiger charge is -2.11. The number of carbonyl (C=O) groups excluding carboxylic acids is 2. The number of nitrogens with zero attached hydrogens (tertiary/aromatic N) is 1. The maximum atomic E-state index is 12.4. The molecule has 0 unspecified atom stereocenters. The molecule has 1 aliphatic rings. The van der Waals surface area contributed by atoms with Crippen LogP contribution in [0.3, 0.4) is 0 Å². The van der Waals surface area contributed by atoms with Gasteiger partial charge in [-0.05, 0) is 36.3 Å². The predicted molar refractivity (Wildman–Crippen MR) is 103 cm³/mol. The van der Waals surface area contributed by atoms with Crippen LogP contribution in [0.1, 0.15) is 24.5 Å². The molecule has 2 aromatic rings. The van der Waals surface area contributed by atoms with E-state index in [0.29, 0.717) is 18.9 Å². The van der Waals surface area contributed by atoms with E-state index in [9.17, 15) is 9.59 Å². The van der Waals surface area contributed by atoms with Crippen LogP contribution in [0.5, 0.6) is 5.75 Å². The molecule has 3 rings (SSSR count). The van der Waals surface area contributed by atoms with E-state index >= 15 is 0 Å². The molecule has 1 N–H and O–H groups in total. The fourth-order valence-corrected chi connectivity index (χ4v) is 3.03. The van der Waals surface area contributed by atoms with Crippen molar-refractivity contribution in [2.75, 3.05) is 6.54 Å². The summed E-state index contributed by atoms with van der Waals surface area (Å²) in [5.41, 5.74) is 2.02. The van der Waals surface area contributed by atoms with Crippen LogP contribution >= 0.6 is 15.9 Å². The summed E-state index contributed by atoms with van der Waals surface area (Å²) >= 11 is 3.44. The lowest BCUT2D eigenvalue weighted by molar-refractivity contribution is -0.122. The van der Waals surface area contributed by atoms with Crippen LogP contribution < -0.4 is 10.1 Å². The van der Waals surface area contributed by atoms with Gasteiger partial charge in [0.05, 0.1) is 0 Å². The quantitative estimate of drug-likeness (QED) is 0.565. The van der Waals surface area contributed by atoms with Gasteiger partial charge in [0.15, 0.2) is 0 Å². The Morgan fingerprint density at radius 2 is 1.92 bits per heavy atom. The smallest absolute Gasteiger partial charge is 0.329 e. The first-order chi connectivity index (χ1) is 12.6. The Labute approximate surface area is 160 Å². The highest BCUT2D eigenvalue weighted by Gasteiger charge is 2.32. The van der Waals surface area contributed by atoms with E-state index < -0.39 is 0 Å². The zero-order chi connectivity index (χ0) is 18.5. The number of carbonyl (C=O) groups is 2. The Hall–Kier alpha value is -2.60. The number of hydrogen-bond acceptors (Lipinski definition) is 3. The van der Waals surface area contributed by atoms with Crippen LogP contribution in [0.25, 0.3) is 6.08 Å². The molecule has 0 aliphatic carbocycles. The first-order valence-corrected chi connectivity index (χ1v) is 9.18. The average molecular weight is 415 g/mol. The third-order valence-corrected chi connectivity index (χ3v) is 4.41. The molecule has 0 bridgehead atoms. The topological polar surface area (TPSA) is 58.6 Å². The molecule has 0 spiro atoms. The van der Waals surface area contributed by atoms with E-state index in [1.165, 1.54) is 4.90 Å². The van der Waals surface area contributed by atoms with Crippen molar-refractivity contribution in [1.82, 2.24) is 10.2 Å². The second-order valence-electron chi connectivity index (χ2n) is 5.90. The lowest BCUT2D eigenvalue weighted by Crippen LogP contribution is -2.31. The molecular formula is C20H19BrN2O3. The second-order valence-corrected chi connectivity index (χ2v) is 6.82. The maximum absolute atomic E-state index is 12.4. The summed E-state index contributed by atoms with van der Waals surface area (Å²) in [6.07, 6.45) is 2.37. The first-order valence-electron chi connectivity index (χ1n) is 8.39. The highest BCUT2D eigenvalue weighted by atomic mass is 79.9. The summed E-state index contributed by atoms with van der Waals surface area (Å²) in [5, 5.41) is 2.64. The zero-order valence-corrected chi connectivity index (χ0v) is 16.0. The number of ether oxygens (including phenoxy) is 1. The molecule has 2 aromatic carbocycles. The summed E-state index contributed by atoms with van der Waals surface area (Å²) in [7, 11) is 0. The van der Waals surface area contributed by atoms with Gasteiger partial charge in [-0.3, -0.25) is 9.69 Å². The van der Waals surface area contributed by atoms with Gasteiger partial charge >= 0.3 is 6.03 Å². The number of rotatable bonds is 6. The summed E-state index contributed by atoms with van der Waals surface area (Å²) in [6, 6.07) is 15.0. The van der Waals surface area contributed by atoms with Gasteiger partial charge < -0.3 is 10.1 Å². The molecule has 0 atom stereocenters. The first kappa shape index (κ1) is 18.2. The largest absolute Gasteiger partial charge is 0.488 e. The van der Waals surface area contributed by atoms with Gasteiger partial charge in [-0.1, -0.05) is 53.2 Å². The van der Waals surface area contributed by atoms with Gasteiger partial charge in [0.1, 0.15) is 18.1 Å². The van der Waals surface area contributed by atoms with E-state index in [2.05, 4.69) is 21.2 Å². The van der Waals surface area contributed by atoms with Gasteiger partial charge in [0.25, 0.3) is 5.91 Å². The standard InChI is InChI=1S/C20H19BrN2O3/c1-2-10-23-19(24)17(22-20(23)25)12-15-11-16(21)8-9-18(15)26-13-14-6-4-3-5-7-14/h3-9,11-12H,2,10,13H2,1H3,(H,22,25)/b17-12+. The van der Waals surface area contributed by atoms with E-state index in [-0.39, 0.29) is 17.6 Å². The van der Waals surface area contributed by atoms with Crippen LogP contribution in [0.4, 0.5) is 4.79 Å². The number of benzene rings is 2. The highest BCUT2D eigenvalue weighted by molar-refractivity contribution is 9.10. The molecule has 0 aromatic heterocycles. The monoisotopic (exact) mass is 414 g/mol. The molecule has 6 heteroatoms. The normalized spacial score (nSPS) is 15.5. The lowest BCUT2D eigenvalue weighted by atomic mass is 10.1. The van der Waals surface area contributed by atoms with E-state index in [4.69, 9.17) is 4.74 Å². The van der Waals surface area contributed by atoms with Gasteiger partial charge in [0.2, 0.25) is 0 Å². The Morgan fingerprint density at radius 3 is 2.65 bits per heavy atom. The molecule has 1 saturated heterocycles. The van der Waals surface area contributed by atoms with Crippen molar-refractivity contribution in [3.8, 4) is 5.75 Å². The number of hydrogen-bond donors (Lipinski definition) is 1. The summed E-state index contributed by atoms with van der Waals surface area (Å²) in [5.74, 6) is 0.325. The van der Waals surface area contributed by atoms with E-state index in [1.54, 1.807) is 6.08 Å². The van der Waals surface area contributed by atoms with E-state index in [0.717, 1.165) is 22.0 Å². The summed E-state index contributed by atoms with van der Waals surface area (Å²) < 4.78 is 6.78. The van der Waals surface area contributed by atoms with Crippen molar-refractivity contribution in [3.63, 3.8) is 0 Å². The second kappa shape index (κ2) is 8.19. The van der Waals surface area contributed by atoms with Gasteiger partial charge in [0, 0.05) is 16.6 Å². The Morgan fingerprint density at radius 1 is 1.15 bits per heavy atom. The van der Waals surface area contributed by atoms with Gasteiger partial charge in [-0.25, -0.2) is 4.79 Å². The summed E-state index contributed by atoms with van der Waals surface area (Å²) in [6.45, 7) is 2.74. The minimum atomic E-state index is -0.384. The van der Waals surface area contributed by atoms with Crippen molar-refractivity contribution in [2.24, 2.45) is 0 Å². The molecule has 1 aliphatic heterocycles. The third-order valence-electron chi connectivity index (χ3n) is 3.92. The molecule has 5 nitrogen and oxygen atoms in total. The number of amides is 3. The number of halogens is 1. The highest BCUT2D eigenvalue weighted by Crippen LogP contribution is 2.27.